The van der Waals surface area contributed by atoms with E-state index in [1.165, 1.54) is 6.33 Å². The SMILES string of the molecule is CC(C(=O)N1CCC(c2cnc[nH]2)CC1)n1cnc2c(N)ncnc21. The molecule has 9 nitrogen and oxygen atoms in total. The Bertz CT molecular complexity index is 879. The van der Waals surface area contributed by atoms with E-state index >= 15 is 0 Å². The number of amides is 1. The van der Waals surface area contributed by atoms with E-state index in [0.717, 1.165) is 31.6 Å². The number of nitrogens with two attached hydrogens (primary N) is 1. The first-order valence-corrected chi connectivity index (χ1v) is 8.35. The van der Waals surface area contributed by atoms with Crippen molar-refractivity contribution in [2.75, 3.05) is 18.8 Å². The van der Waals surface area contributed by atoms with Crippen molar-refractivity contribution < 1.29 is 4.79 Å². The number of aromatic nitrogens is 6. The smallest absolute Gasteiger partial charge is 0.245 e. The molecule has 1 aliphatic heterocycles. The largest absolute Gasteiger partial charge is 0.382 e. The van der Waals surface area contributed by atoms with Crippen LogP contribution < -0.4 is 5.73 Å². The predicted octanol–water partition coefficient (Wildman–Crippen LogP) is 1.10. The molecule has 3 aromatic rings. The standard InChI is InChI=1S/C16H20N8O/c1-10(24-9-22-13-14(17)20-8-21-15(13)24)16(25)23-4-2-11(3-5-23)12-6-18-7-19-12/h6-11H,2-5H2,1H3,(H,18,19)(H2,17,20,21). The third kappa shape index (κ3) is 2.71. The van der Waals surface area contributed by atoms with Crippen LogP contribution in [0.2, 0.25) is 0 Å². The highest BCUT2D eigenvalue weighted by Gasteiger charge is 2.29. The maximum absolute atomic E-state index is 12.9. The number of nitrogen functional groups attached to an aromatic ring is 1. The van der Waals surface area contributed by atoms with Gasteiger partial charge in [0.1, 0.15) is 17.9 Å². The molecule has 0 radical (unpaired) electrons. The molecule has 1 atom stereocenters. The number of hydrogen-bond donors (Lipinski definition) is 2. The molecule has 4 heterocycles. The summed E-state index contributed by atoms with van der Waals surface area (Å²) in [6.45, 7) is 3.33. The van der Waals surface area contributed by atoms with Crippen LogP contribution in [0.3, 0.4) is 0 Å². The molecule has 25 heavy (non-hydrogen) atoms. The van der Waals surface area contributed by atoms with Crippen molar-refractivity contribution >= 4 is 22.9 Å². The maximum atomic E-state index is 12.9. The minimum atomic E-state index is -0.386. The lowest BCUT2D eigenvalue weighted by Gasteiger charge is -2.33. The lowest BCUT2D eigenvalue weighted by molar-refractivity contribution is -0.135. The first kappa shape index (κ1) is 15.6. The number of piperidine rings is 1. The van der Waals surface area contributed by atoms with Crippen molar-refractivity contribution in [2.45, 2.75) is 31.7 Å². The Labute approximate surface area is 144 Å². The number of carbonyl (C=O) groups is 1. The van der Waals surface area contributed by atoms with Gasteiger partial charge in [-0.3, -0.25) is 4.79 Å². The monoisotopic (exact) mass is 340 g/mol. The maximum Gasteiger partial charge on any atom is 0.245 e. The van der Waals surface area contributed by atoms with Crippen LogP contribution in [0.5, 0.6) is 0 Å². The number of nitrogens with one attached hydrogen (secondary N) is 1. The molecule has 1 amide bonds. The number of H-pyrrole nitrogens is 1. The Hall–Kier alpha value is -2.97. The van der Waals surface area contributed by atoms with Gasteiger partial charge in [-0.05, 0) is 19.8 Å². The number of hydrogen-bond acceptors (Lipinski definition) is 6. The summed E-state index contributed by atoms with van der Waals surface area (Å²) in [6, 6.07) is -0.386. The minimum Gasteiger partial charge on any atom is -0.382 e. The van der Waals surface area contributed by atoms with Crippen LogP contribution in [0.1, 0.15) is 37.4 Å². The lowest BCUT2D eigenvalue weighted by Crippen LogP contribution is -2.41. The molecule has 130 valence electrons. The molecule has 1 saturated heterocycles. The number of carbonyl (C=O) groups excluding carboxylic acids is 1. The molecule has 1 unspecified atom stereocenters. The molecule has 0 bridgehead atoms. The third-order valence-electron chi connectivity index (χ3n) is 4.93. The molecular weight excluding hydrogens is 320 g/mol. The molecule has 4 rings (SSSR count). The second kappa shape index (κ2) is 6.15. The van der Waals surface area contributed by atoms with Crippen molar-refractivity contribution in [3.8, 4) is 0 Å². The molecule has 9 heteroatoms. The first-order valence-electron chi connectivity index (χ1n) is 8.35. The number of nitrogens with zero attached hydrogens (tertiary/aromatic N) is 6. The van der Waals surface area contributed by atoms with E-state index in [0.29, 0.717) is 22.9 Å². The summed E-state index contributed by atoms with van der Waals surface area (Å²) in [5.74, 6) is 0.826. The molecule has 3 N–H and O–H groups in total. The Morgan fingerprint density at radius 2 is 2.12 bits per heavy atom. The van der Waals surface area contributed by atoms with E-state index in [2.05, 4.69) is 24.9 Å². The number of aromatic amines is 1. The zero-order chi connectivity index (χ0) is 17.4. The topological polar surface area (TPSA) is 119 Å². The molecule has 0 saturated carbocycles. The fourth-order valence-electron chi connectivity index (χ4n) is 3.44. The summed E-state index contributed by atoms with van der Waals surface area (Å²) in [6.07, 6.45) is 8.43. The van der Waals surface area contributed by atoms with Crippen LogP contribution in [-0.2, 0) is 4.79 Å². The van der Waals surface area contributed by atoms with Crippen molar-refractivity contribution in [1.82, 2.24) is 34.4 Å². The van der Waals surface area contributed by atoms with Gasteiger partial charge in [0.2, 0.25) is 5.91 Å². The van der Waals surface area contributed by atoms with Gasteiger partial charge in [-0.15, -0.1) is 0 Å². The Morgan fingerprint density at radius 3 is 2.84 bits per heavy atom. The number of rotatable bonds is 3. The minimum absolute atomic E-state index is 0.0690. The van der Waals surface area contributed by atoms with Gasteiger partial charge in [-0.1, -0.05) is 0 Å². The van der Waals surface area contributed by atoms with Gasteiger partial charge < -0.3 is 20.2 Å². The number of anilines is 1. The predicted molar refractivity (Wildman–Crippen MR) is 91.6 cm³/mol. The number of likely N-dealkylation sites (tertiary alicyclic amines) is 1. The Kier molecular flexibility index (Phi) is 3.83. The highest BCUT2D eigenvalue weighted by molar-refractivity contribution is 5.85. The van der Waals surface area contributed by atoms with Crippen LogP contribution >= 0.6 is 0 Å². The van der Waals surface area contributed by atoms with E-state index in [1.807, 2.05) is 18.0 Å². The fraction of sp³-hybridized carbons (Fsp3) is 0.438. The van der Waals surface area contributed by atoms with Crippen molar-refractivity contribution in [3.05, 3.63) is 30.9 Å². The normalized spacial score (nSPS) is 17.1. The molecule has 1 fully saturated rings. The zero-order valence-corrected chi connectivity index (χ0v) is 14.0. The van der Waals surface area contributed by atoms with E-state index in [9.17, 15) is 4.79 Å². The van der Waals surface area contributed by atoms with Crippen LogP contribution in [0.25, 0.3) is 11.2 Å². The van der Waals surface area contributed by atoms with Gasteiger partial charge in [-0.25, -0.2) is 19.9 Å². The van der Waals surface area contributed by atoms with Crippen molar-refractivity contribution in [3.63, 3.8) is 0 Å². The molecular formula is C16H20N8O. The summed E-state index contributed by atoms with van der Waals surface area (Å²) in [5, 5.41) is 0. The van der Waals surface area contributed by atoms with Crippen LogP contribution in [0.4, 0.5) is 5.82 Å². The van der Waals surface area contributed by atoms with E-state index in [1.54, 1.807) is 17.2 Å². The zero-order valence-electron chi connectivity index (χ0n) is 14.0. The van der Waals surface area contributed by atoms with Gasteiger partial charge in [0.15, 0.2) is 11.5 Å². The highest BCUT2D eigenvalue weighted by Crippen LogP contribution is 2.28. The number of fused-ring (bicyclic) bond motifs is 1. The van der Waals surface area contributed by atoms with Crippen LogP contribution in [0, 0.1) is 0 Å². The molecule has 0 aromatic carbocycles. The Balaban J connectivity index is 1.48. The number of imidazole rings is 2. The average Bonchev–Trinajstić information content (AvgIpc) is 3.31. The van der Waals surface area contributed by atoms with Gasteiger partial charge in [0.25, 0.3) is 0 Å². The van der Waals surface area contributed by atoms with Gasteiger partial charge in [-0.2, -0.15) is 0 Å². The van der Waals surface area contributed by atoms with E-state index in [4.69, 9.17) is 5.73 Å². The highest BCUT2D eigenvalue weighted by atomic mass is 16.2. The second-order valence-corrected chi connectivity index (χ2v) is 6.37. The van der Waals surface area contributed by atoms with Crippen molar-refractivity contribution in [1.29, 1.82) is 0 Å². The van der Waals surface area contributed by atoms with Gasteiger partial charge >= 0.3 is 0 Å². The third-order valence-corrected chi connectivity index (χ3v) is 4.93. The van der Waals surface area contributed by atoms with E-state index < -0.39 is 0 Å². The van der Waals surface area contributed by atoms with Crippen LogP contribution in [0.15, 0.2) is 25.2 Å². The lowest BCUT2D eigenvalue weighted by atomic mass is 9.94. The molecule has 1 aliphatic rings. The van der Waals surface area contributed by atoms with Gasteiger partial charge in [0.05, 0.1) is 12.7 Å². The molecule has 0 aliphatic carbocycles. The van der Waals surface area contributed by atoms with E-state index in [-0.39, 0.29) is 11.9 Å². The summed E-state index contributed by atoms with van der Waals surface area (Å²) in [4.78, 5) is 34.5. The second-order valence-electron chi connectivity index (χ2n) is 6.37. The fourth-order valence-corrected chi connectivity index (χ4v) is 3.44. The summed E-state index contributed by atoms with van der Waals surface area (Å²) in [7, 11) is 0. The Morgan fingerprint density at radius 1 is 1.32 bits per heavy atom. The summed E-state index contributed by atoms with van der Waals surface area (Å²) < 4.78 is 1.76. The first-order chi connectivity index (χ1) is 12.1. The van der Waals surface area contributed by atoms with Crippen LogP contribution in [-0.4, -0.2) is 53.4 Å². The summed E-state index contributed by atoms with van der Waals surface area (Å²) >= 11 is 0. The van der Waals surface area contributed by atoms with Crippen molar-refractivity contribution in [2.24, 2.45) is 0 Å². The summed E-state index contributed by atoms with van der Waals surface area (Å²) in [5.41, 5.74) is 8.08. The molecule has 3 aromatic heterocycles. The average molecular weight is 340 g/mol. The van der Waals surface area contributed by atoms with Gasteiger partial charge in [0, 0.05) is 30.9 Å². The quantitative estimate of drug-likeness (QED) is 0.737. The molecule has 0 spiro atoms.